The van der Waals surface area contributed by atoms with Crippen LogP contribution in [0, 0.1) is 0 Å². The van der Waals surface area contributed by atoms with E-state index in [0.717, 1.165) is 30.8 Å². The summed E-state index contributed by atoms with van der Waals surface area (Å²) < 4.78 is 10.4. The first-order chi connectivity index (χ1) is 6.79. The Bertz CT molecular complexity index is 346. The Morgan fingerprint density at radius 2 is 2.36 bits per heavy atom. The van der Waals surface area contributed by atoms with E-state index in [9.17, 15) is 0 Å². The summed E-state index contributed by atoms with van der Waals surface area (Å²) in [7, 11) is 0. The molecule has 1 atom stereocenters. The van der Waals surface area contributed by atoms with Crippen molar-refractivity contribution in [3.8, 4) is 0 Å². The summed E-state index contributed by atoms with van der Waals surface area (Å²) in [6.45, 7) is 0.731. The van der Waals surface area contributed by atoms with Gasteiger partial charge < -0.3 is 14.9 Å². The number of rotatable bonds is 2. The number of nitrogens with two attached hydrogens (primary N) is 1. The van der Waals surface area contributed by atoms with Crippen molar-refractivity contribution < 1.29 is 9.15 Å². The molecule has 0 radical (unpaired) electrons. The molecule has 0 saturated heterocycles. The molecule has 3 nitrogen and oxygen atoms in total. The third-order valence-corrected chi connectivity index (χ3v) is 2.56. The van der Waals surface area contributed by atoms with E-state index in [4.69, 9.17) is 26.5 Å². The lowest BCUT2D eigenvalue weighted by Crippen LogP contribution is -2.17. The van der Waals surface area contributed by atoms with Gasteiger partial charge in [0.2, 0.25) is 0 Å². The fourth-order valence-corrected chi connectivity index (χ4v) is 1.71. The van der Waals surface area contributed by atoms with Crippen molar-refractivity contribution in [2.45, 2.75) is 18.9 Å². The van der Waals surface area contributed by atoms with E-state index in [1.807, 2.05) is 6.08 Å². The lowest BCUT2D eigenvalue weighted by Gasteiger charge is -2.19. The molecule has 2 rings (SSSR count). The summed E-state index contributed by atoms with van der Waals surface area (Å²) in [6.07, 6.45) is 5.60. The first-order valence-electron chi connectivity index (χ1n) is 4.60. The van der Waals surface area contributed by atoms with Gasteiger partial charge in [-0.1, -0.05) is 0 Å². The van der Waals surface area contributed by atoms with Gasteiger partial charge in [0, 0.05) is 5.56 Å². The van der Waals surface area contributed by atoms with Crippen molar-refractivity contribution in [3.05, 3.63) is 34.9 Å². The molecule has 0 fully saturated rings. The highest BCUT2D eigenvalue weighted by molar-refractivity contribution is 6.29. The summed E-state index contributed by atoms with van der Waals surface area (Å²) in [5.74, 6) is 0.791. The lowest BCUT2D eigenvalue weighted by molar-refractivity contribution is 0.175. The maximum atomic E-state index is 5.98. The van der Waals surface area contributed by atoms with Gasteiger partial charge in [0.1, 0.15) is 5.76 Å². The normalized spacial score (nSPS) is 18.6. The van der Waals surface area contributed by atoms with Gasteiger partial charge in [-0.3, -0.25) is 0 Å². The Labute approximate surface area is 87.5 Å². The van der Waals surface area contributed by atoms with Crippen LogP contribution in [0.4, 0.5) is 0 Å². The standard InChI is InChI=1S/C10H12ClNO2/c11-10-7(4-6-14-10)9(12)8-3-1-2-5-13-8/h3-4,6,9H,1-2,5,12H2. The van der Waals surface area contributed by atoms with Gasteiger partial charge in [0.25, 0.3) is 0 Å². The van der Waals surface area contributed by atoms with E-state index in [2.05, 4.69) is 0 Å². The molecule has 1 aliphatic heterocycles. The smallest absolute Gasteiger partial charge is 0.198 e. The minimum Gasteiger partial charge on any atom is -0.496 e. The van der Waals surface area contributed by atoms with Crippen LogP contribution in [0.15, 0.2) is 28.6 Å². The molecule has 0 amide bonds. The van der Waals surface area contributed by atoms with E-state index in [1.165, 1.54) is 6.26 Å². The molecule has 0 bridgehead atoms. The zero-order valence-corrected chi connectivity index (χ0v) is 8.46. The highest BCUT2D eigenvalue weighted by atomic mass is 35.5. The van der Waals surface area contributed by atoms with Crippen molar-refractivity contribution in [2.24, 2.45) is 5.73 Å². The molecule has 1 aromatic heterocycles. The predicted octanol–water partition coefficient (Wildman–Crippen LogP) is 2.63. The summed E-state index contributed by atoms with van der Waals surface area (Å²) in [6, 6.07) is 1.47. The summed E-state index contributed by atoms with van der Waals surface area (Å²) in [5.41, 5.74) is 6.75. The molecule has 76 valence electrons. The molecule has 2 N–H and O–H groups in total. The topological polar surface area (TPSA) is 48.4 Å². The molecule has 1 aromatic rings. The van der Waals surface area contributed by atoms with Crippen molar-refractivity contribution in [1.29, 1.82) is 0 Å². The number of hydrogen-bond acceptors (Lipinski definition) is 3. The Hall–Kier alpha value is -0.930. The molecule has 0 aromatic carbocycles. The number of hydrogen-bond donors (Lipinski definition) is 1. The Morgan fingerprint density at radius 1 is 1.50 bits per heavy atom. The minimum absolute atomic E-state index is 0.304. The van der Waals surface area contributed by atoms with E-state index >= 15 is 0 Å². The van der Waals surface area contributed by atoms with Crippen LogP contribution in [0.25, 0.3) is 0 Å². The van der Waals surface area contributed by atoms with E-state index < -0.39 is 0 Å². The van der Waals surface area contributed by atoms with Crippen molar-refractivity contribution >= 4 is 11.6 Å². The third kappa shape index (κ3) is 1.79. The molecule has 0 saturated carbocycles. The second kappa shape index (κ2) is 4.07. The molecule has 2 heterocycles. The molecule has 0 aliphatic carbocycles. The van der Waals surface area contributed by atoms with Gasteiger partial charge in [0.05, 0.1) is 18.9 Å². The molecule has 1 aliphatic rings. The van der Waals surface area contributed by atoms with Crippen molar-refractivity contribution in [3.63, 3.8) is 0 Å². The van der Waals surface area contributed by atoms with Crippen LogP contribution < -0.4 is 5.73 Å². The van der Waals surface area contributed by atoms with Crippen LogP contribution in [0.3, 0.4) is 0 Å². The Balaban J connectivity index is 2.19. The highest BCUT2D eigenvalue weighted by Crippen LogP contribution is 2.29. The highest BCUT2D eigenvalue weighted by Gasteiger charge is 2.19. The fourth-order valence-electron chi connectivity index (χ4n) is 1.47. The quantitative estimate of drug-likeness (QED) is 0.822. The van der Waals surface area contributed by atoms with Gasteiger partial charge in [-0.15, -0.1) is 0 Å². The molecule has 14 heavy (non-hydrogen) atoms. The van der Waals surface area contributed by atoms with Crippen molar-refractivity contribution in [2.75, 3.05) is 6.61 Å². The monoisotopic (exact) mass is 213 g/mol. The van der Waals surface area contributed by atoms with Crippen LogP contribution in [-0.4, -0.2) is 6.61 Å². The number of allylic oxidation sites excluding steroid dienone is 1. The summed E-state index contributed by atoms with van der Waals surface area (Å²) >= 11 is 5.82. The van der Waals surface area contributed by atoms with E-state index in [-0.39, 0.29) is 6.04 Å². The zero-order valence-electron chi connectivity index (χ0n) is 7.70. The van der Waals surface area contributed by atoms with E-state index in [1.54, 1.807) is 6.07 Å². The maximum absolute atomic E-state index is 5.98. The molecule has 4 heteroatoms. The average molecular weight is 214 g/mol. The summed E-state index contributed by atoms with van der Waals surface area (Å²) in [4.78, 5) is 0. The van der Waals surface area contributed by atoms with Gasteiger partial charge >= 0.3 is 0 Å². The third-order valence-electron chi connectivity index (χ3n) is 2.25. The molecule has 1 unspecified atom stereocenters. The average Bonchev–Trinajstić information content (AvgIpc) is 2.65. The van der Waals surface area contributed by atoms with Crippen LogP contribution in [0.5, 0.6) is 0 Å². The first kappa shape index (κ1) is 9.62. The zero-order chi connectivity index (χ0) is 9.97. The largest absolute Gasteiger partial charge is 0.496 e. The molecular formula is C10H12ClNO2. The van der Waals surface area contributed by atoms with Crippen molar-refractivity contribution in [1.82, 2.24) is 0 Å². The maximum Gasteiger partial charge on any atom is 0.198 e. The van der Waals surface area contributed by atoms with Gasteiger partial charge in [-0.05, 0) is 36.6 Å². The second-order valence-corrected chi connectivity index (χ2v) is 3.57. The first-order valence-corrected chi connectivity index (χ1v) is 4.98. The van der Waals surface area contributed by atoms with Gasteiger partial charge in [0.15, 0.2) is 5.22 Å². The van der Waals surface area contributed by atoms with Crippen LogP contribution in [-0.2, 0) is 4.74 Å². The Morgan fingerprint density at radius 3 is 2.93 bits per heavy atom. The minimum atomic E-state index is -0.304. The van der Waals surface area contributed by atoms with E-state index in [0.29, 0.717) is 5.22 Å². The van der Waals surface area contributed by atoms with Crippen LogP contribution in [0.2, 0.25) is 5.22 Å². The lowest BCUT2D eigenvalue weighted by atomic mass is 10.1. The predicted molar refractivity (Wildman–Crippen MR) is 53.9 cm³/mol. The van der Waals surface area contributed by atoms with Gasteiger partial charge in [-0.2, -0.15) is 0 Å². The molecular weight excluding hydrogens is 202 g/mol. The second-order valence-electron chi connectivity index (χ2n) is 3.22. The van der Waals surface area contributed by atoms with Crippen LogP contribution >= 0.6 is 11.6 Å². The SMILES string of the molecule is NC(C1=CCCCO1)c1ccoc1Cl. The fraction of sp³-hybridized carbons (Fsp3) is 0.400. The Kier molecular flexibility index (Phi) is 2.79. The molecule has 0 spiro atoms. The van der Waals surface area contributed by atoms with Gasteiger partial charge in [-0.25, -0.2) is 0 Å². The summed E-state index contributed by atoms with van der Waals surface area (Å²) in [5, 5.41) is 0.340. The number of furan rings is 1. The number of ether oxygens (including phenoxy) is 1. The number of halogens is 1. The van der Waals surface area contributed by atoms with Crippen LogP contribution in [0.1, 0.15) is 24.4 Å².